The van der Waals surface area contributed by atoms with Gasteiger partial charge in [0.05, 0.1) is 17.4 Å². The average Bonchev–Trinajstić information content (AvgIpc) is 3.08. The largest absolute Gasteiger partial charge is 0.397 e. The molecular weight excluding hydrogens is 236 g/mol. The van der Waals surface area contributed by atoms with Crippen molar-refractivity contribution in [3.05, 3.63) is 17.8 Å². The number of nitrogen functional groups attached to an aromatic ring is 1. The van der Waals surface area contributed by atoms with E-state index in [2.05, 4.69) is 16.0 Å². The van der Waals surface area contributed by atoms with Gasteiger partial charge in [0, 0.05) is 12.6 Å². The van der Waals surface area contributed by atoms with E-state index in [1.165, 1.54) is 38.5 Å². The lowest BCUT2D eigenvalue weighted by atomic mass is 9.96. The average molecular weight is 256 g/mol. The van der Waals surface area contributed by atoms with E-state index < -0.39 is 0 Å². The highest BCUT2D eigenvalue weighted by atomic mass is 15.2. The Morgan fingerprint density at radius 1 is 1.26 bits per heavy atom. The summed E-state index contributed by atoms with van der Waals surface area (Å²) in [5, 5.41) is 9.28. The second-order valence-electron chi connectivity index (χ2n) is 5.70. The van der Waals surface area contributed by atoms with Crippen molar-refractivity contribution >= 4 is 11.5 Å². The minimum absolute atomic E-state index is 0.567. The van der Waals surface area contributed by atoms with Gasteiger partial charge in [0.2, 0.25) is 0 Å². The van der Waals surface area contributed by atoms with Crippen molar-refractivity contribution in [1.82, 2.24) is 4.98 Å². The highest BCUT2D eigenvalue weighted by Crippen LogP contribution is 2.38. The van der Waals surface area contributed by atoms with Gasteiger partial charge in [0.1, 0.15) is 11.9 Å². The summed E-state index contributed by atoms with van der Waals surface area (Å²) in [5.74, 6) is 1.62. The van der Waals surface area contributed by atoms with E-state index in [9.17, 15) is 5.26 Å². The molecule has 1 saturated heterocycles. The molecule has 1 aromatic rings. The number of hydrogen-bond acceptors (Lipinski definition) is 4. The van der Waals surface area contributed by atoms with E-state index in [1.807, 2.05) is 0 Å². The fourth-order valence-corrected chi connectivity index (χ4v) is 3.67. The molecule has 19 heavy (non-hydrogen) atoms. The topological polar surface area (TPSA) is 65.9 Å². The molecule has 4 nitrogen and oxygen atoms in total. The van der Waals surface area contributed by atoms with Crippen LogP contribution >= 0.6 is 0 Å². The van der Waals surface area contributed by atoms with E-state index >= 15 is 0 Å². The minimum Gasteiger partial charge on any atom is -0.397 e. The highest BCUT2D eigenvalue weighted by molar-refractivity contribution is 5.59. The van der Waals surface area contributed by atoms with Gasteiger partial charge in [-0.15, -0.1) is 0 Å². The number of nitrogens with two attached hydrogens (primary N) is 1. The number of nitriles is 1. The molecule has 2 fully saturated rings. The summed E-state index contributed by atoms with van der Waals surface area (Å²) < 4.78 is 0. The molecule has 1 saturated carbocycles. The number of hydrogen-bond donors (Lipinski definition) is 1. The molecule has 2 N–H and O–H groups in total. The molecule has 2 heterocycles. The number of rotatable bonds is 2. The van der Waals surface area contributed by atoms with Gasteiger partial charge in [-0.1, -0.05) is 12.8 Å². The summed E-state index contributed by atoms with van der Waals surface area (Å²) in [4.78, 5) is 6.79. The molecule has 3 rings (SSSR count). The molecule has 1 aliphatic heterocycles. The molecule has 4 heteroatoms. The number of pyridine rings is 1. The van der Waals surface area contributed by atoms with E-state index in [-0.39, 0.29) is 0 Å². The minimum atomic E-state index is 0.567. The van der Waals surface area contributed by atoms with Crippen molar-refractivity contribution in [2.24, 2.45) is 5.92 Å². The lowest BCUT2D eigenvalue weighted by molar-refractivity contribution is 0.429. The van der Waals surface area contributed by atoms with E-state index in [0.29, 0.717) is 17.3 Å². The Kier molecular flexibility index (Phi) is 3.29. The molecule has 0 bridgehead atoms. The van der Waals surface area contributed by atoms with Crippen LogP contribution in [-0.2, 0) is 0 Å². The van der Waals surface area contributed by atoms with Gasteiger partial charge in [-0.05, 0) is 37.7 Å². The summed E-state index contributed by atoms with van der Waals surface area (Å²) in [7, 11) is 0. The molecule has 2 aliphatic rings. The lowest BCUT2D eigenvalue weighted by Gasteiger charge is -2.30. The van der Waals surface area contributed by atoms with Crippen molar-refractivity contribution in [2.45, 2.75) is 44.6 Å². The van der Waals surface area contributed by atoms with Crippen LogP contribution in [0.15, 0.2) is 12.3 Å². The Morgan fingerprint density at radius 3 is 2.79 bits per heavy atom. The Labute approximate surface area is 114 Å². The van der Waals surface area contributed by atoms with Crippen molar-refractivity contribution in [2.75, 3.05) is 17.2 Å². The fraction of sp³-hybridized carbons (Fsp3) is 0.600. The van der Waals surface area contributed by atoms with Crippen LogP contribution in [0.25, 0.3) is 0 Å². The van der Waals surface area contributed by atoms with Crippen LogP contribution in [0, 0.1) is 17.2 Å². The number of nitrogens with zero attached hydrogens (tertiary/aromatic N) is 3. The molecule has 1 unspecified atom stereocenters. The van der Waals surface area contributed by atoms with Crippen LogP contribution in [0.2, 0.25) is 0 Å². The maximum absolute atomic E-state index is 9.28. The Bertz CT molecular complexity index is 499. The number of anilines is 2. The van der Waals surface area contributed by atoms with Crippen molar-refractivity contribution < 1.29 is 0 Å². The maximum atomic E-state index is 9.28. The molecule has 1 aromatic heterocycles. The molecule has 1 aliphatic carbocycles. The van der Waals surface area contributed by atoms with Crippen LogP contribution in [0.1, 0.15) is 44.1 Å². The summed E-state index contributed by atoms with van der Waals surface area (Å²) in [6.45, 7) is 1.02. The lowest BCUT2D eigenvalue weighted by Crippen LogP contribution is -2.35. The third-order valence-electron chi connectivity index (χ3n) is 4.52. The molecular formula is C15H20N4. The smallest absolute Gasteiger partial charge is 0.146 e. The van der Waals surface area contributed by atoms with E-state index in [4.69, 9.17) is 5.73 Å². The molecule has 0 radical (unpaired) electrons. The zero-order chi connectivity index (χ0) is 13.2. The second kappa shape index (κ2) is 5.08. The van der Waals surface area contributed by atoms with E-state index in [0.717, 1.165) is 18.3 Å². The van der Waals surface area contributed by atoms with Crippen molar-refractivity contribution in [3.8, 4) is 6.07 Å². The zero-order valence-corrected chi connectivity index (χ0v) is 11.2. The third-order valence-corrected chi connectivity index (χ3v) is 4.52. The van der Waals surface area contributed by atoms with Crippen LogP contribution in [0.5, 0.6) is 0 Å². The highest BCUT2D eigenvalue weighted by Gasteiger charge is 2.34. The Hall–Kier alpha value is -1.76. The summed E-state index contributed by atoms with van der Waals surface area (Å²) >= 11 is 0. The predicted molar refractivity (Wildman–Crippen MR) is 75.7 cm³/mol. The summed E-state index contributed by atoms with van der Waals surface area (Å²) in [6.07, 6.45) is 9.49. The Balaban J connectivity index is 1.90. The first-order valence-corrected chi connectivity index (χ1v) is 7.22. The van der Waals surface area contributed by atoms with Crippen LogP contribution < -0.4 is 10.6 Å². The fourth-order valence-electron chi connectivity index (χ4n) is 3.67. The molecule has 1 atom stereocenters. The summed E-state index contributed by atoms with van der Waals surface area (Å²) in [6, 6.07) is 4.56. The molecule has 0 aromatic carbocycles. The van der Waals surface area contributed by atoms with Crippen LogP contribution in [0.4, 0.5) is 11.5 Å². The third kappa shape index (κ3) is 2.25. The van der Waals surface area contributed by atoms with Crippen molar-refractivity contribution in [3.63, 3.8) is 0 Å². The molecule has 0 spiro atoms. The van der Waals surface area contributed by atoms with Gasteiger partial charge in [0.25, 0.3) is 0 Å². The monoisotopic (exact) mass is 256 g/mol. The number of aromatic nitrogens is 1. The molecule has 0 amide bonds. The van der Waals surface area contributed by atoms with E-state index in [1.54, 1.807) is 12.3 Å². The molecule has 100 valence electrons. The zero-order valence-electron chi connectivity index (χ0n) is 11.2. The standard InChI is InChI=1S/C15H20N4/c16-9-12-8-13(17)10-18-15(12)19-7-3-6-14(19)11-4-1-2-5-11/h8,10-11,14H,1-7,17H2. The van der Waals surface area contributed by atoms with Gasteiger partial charge in [0.15, 0.2) is 0 Å². The van der Waals surface area contributed by atoms with Gasteiger partial charge in [-0.25, -0.2) is 4.98 Å². The first-order chi connectivity index (χ1) is 9.29. The first-order valence-electron chi connectivity index (χ1n) is 7.22. The second-order valence-corrected chi connectivity index (χ2v) is 5.70. The SMILES string of the molecule is N#Cc1cc(N)cnc1N1CCCC1C1CCCC1. The summed E-state index contributed by atoms with van der Waals surface area (Å²) in [5.41, 5.74) is 6.91. The van der Waals surface area contributed by atoms with Crippen molar-refractivity contribution in [1.29, 1.82) is 5.26 Å². The Morgan fingerprint density at radius 2 is 2.05 bits per heavy atom. The maximum Gasteiger partial charge on any atom is 0.146 e. The van der Waals surface area contributed by atoms with Crippen LogP contribution in [-0.4, -0.2) is 17.6 Å². The van der Waals surface area contributed by atoms with Gasteiger partial charge < -0.3 is 10.6 Å². The normalized spacial score (nSPS) is 23.7. The predicted octanol–water partition coefficient (Wildman–Crippen LogP) is 2.69. The van der Waals surface area contributed by atoms with Gasteiger partial charge >= 0.3 is 0 Å². The van der Waals surface area contributed by atoms with Gasteiger partial charge in [-0.3, -0.25) is 0 Å². The quantitative estimate of drug-likeness (QED) is 0.883. The van der Waals surface area contributed by atoms with Crippen LogP contribution in [0.3, 0.4) is 0 Å². The first kappa shape index (κ1) is 12.3. The van der Waals surface area contributed by atoms with Gasteiger partial charge in [-0.2, -0.15) is 5.26 Å².